The topological polar surface area (TPSA) is 385 Å². The lowest BCUT2D eigenvalue weighted by Gasteiger charge is -2.16. The number of nitro groups is 2. The normalized spacial score (nSPS) is 13.6. The smallest absolute Gasteiger partial charge is 0.337 e. The number of nitrogens with two attached hydrogens (primary N) is 1. The Morgan fingerprint density at radius 2 is 0.950 bits per heavy atom. The molecule has 3 aromatic carbocycles. The highest BCUT2D eigenvalue weighted by molar-refractivity contribution is 9.10. The lowest BCUT2D eigenvalue weighted by molar-refractivity contribution is -0.385. The van der Waals surface area contributed by atoms with E-state index in [9.17, 15) is 49.0 Å². The number of halogens is 1. The second-order valence-corrected chi connectivity index (χ2v) is 17.5. The summed E-state index contributed by atoms with van der Waals surface area (Å²) in [4.78, 5) is 97.9. The van der Waals surface area contributed by atoms with E-state index in [1.54, 1.807) is 81.3 Å². The molecule has 0 aliphatic carbocycles. The molecule has 6 aromatic rings. The number of anilines is 3. The number of aromatic nitrogens is 6. The van der Waals surface area contributed by atoms with Crippen LogP contribution < -0.4 is 20.9 Å². The average molecular weight is 1180 g/mol. The van der Waals surface area contributed by atoms with E-state index in [0.29, 0.717) is 78.0 Å². The SMILES string of the molecule is COC(=O)c1ccc(-n2cc(N)c(N3CCN(CCO)C3=O)n2)cc1.COC(=O)c1ccc(-n2cc([N+](=O)[O-])c(Br)n2)cc1.COC(=O)c1ccc(-n2cc([N+](=O)[O-])c(N3CCN(CCO)C3=O)n2)cc1.O=C1NCCN1CCO. The van der Waals surface area contributed by atoms with Gasteiger partial charge < -0.3 is 55.3 Å². The highest BCUT2D eigenvalue weighted by atomic mass is 79.9. The number of benzene rings is 3. The quantitative estimate of drug-likeness (QED) is 0.0402. The molecule has 0 spiro atoms. The zero-order valence-electron chi connectivity index (χ0n) is 43.1. The van der Waals surface area contributed by atoms with Gasteiger partial charge in [0, 0.05) is 58.9 Å². The summed E-state index contributed by atoms with van der Waals surface area (Å²) in [5, 5.41) is 63.7. The zero-order valence-corrected chi connectivity index (χ0v) is 44.6. The minimum Gasteiger partial charge on any atom is -0.465 e. The van der Waals surface area contributed by atoms with E-state index in [2.05, 4.69) is 50.8 Å². The molecule has 3 saturated heterocycles. The first kappa shape index (κ1) is 59.7. The van der Waals surface area contributed by atoms with Gasteiger partial charge in [0.1, 0.15) is 12.4 Å². The molecule has 31 nitrogen and oxygen atoms in total. The van der Waals surface area contributed by atoms with E-state index in [0.717, 1.165) is 6.54 Å². The molecular formula is C48H54BrN15O16. The Morgan fingerprint density at radius 1 is 0.575 bits per heavy atom. The van der Waals surface area contributed by atoms with Crippen molar-refractivity contribution in [3.05, 3.63) is 133 Å². The van der Waals surface area contributed by atoms with Gasteiger partial charge in [-0.25, -0.2) is 42.8 Å². The molecule has 3 aliphatic rings. The van der Waals surface area contributed by atoms with Crippen LogP contribution in [0.15, 0.2) is 96.0 Å². The summed E-state index contributed by atoms with van der Waals surface area (Å²) in [5.41, 5.74) is 8.89. The number of nitrogens with one attached hydrogen (secondary N) is 1. The number of urea groups is 3. The minimum absolute atomic E-state index is 0.0490. The Kier molecular flexibility index (Phi) is 20.7. The van der Waals surface area contributed by atoms with E-state index < -0.39 is 33.8 Å². The van der Waals surface area contributed by atoms with E-state index in [1.807, 2.05) is 0 Å². The predicted octanol–water partition coefficient (Wildman–Crippen LogP) is 2.61. The monoisotopic (exact) mass is 1180 g/mol. The number of nitrogen functional groups attached to an aromatic ring is 1. The third-order valence-corrected chi connectivity index (χ3v) is 12.4. The van der Waals surface area contributed by atoms with E-state index in [-0.39, 0.29) is 73.3 Å². The van der Waals surface area contributed by atoms with Gasteiger partial charge >= 0.3 is 47.4 Å². The number of amides is 6. The lowest BCUT2D eigenvalue weighted by Crippen LogP contribution is -2.34. The van der Waals surface area contributed by atoms with Crippen molar-refractivity contribution in [2.45, 2.75) is 0 Å². The first-order valence-electron chi connectivity index (χ1n) is 23.9. The van der Waals surface area contributed by atoms with Crippen LogP contribution in [0.1, 0.15) is 31.1 Å². The molecule has 6 amide bonds. The van der Waals surface area contributed by atoms with Gasteiger partial charge in [-0.3, -0.25) is 30.0 Å². The van der Waals surface area contributed by atoms with E-state index in [1.165, 1.54) is 69.9 Å². The number of ether oxygens (including phenoxy) is 3. The van der Waals surface area contributed by atoms with Crippen molar-refractivity contribution in [3.63, 3.8) is 0 Å². The number of aliphatic hydroxyl groups is 3. The standard InChI is InChI=1S/C16H17N5O6.C16H19N5O4.C11H8BrN3O4.C5H10N2O2/c1-27-15(23)11-2-4-12(5-3-11)20-10-13(21(25)26)14(17-20)19-7-6-18(8-9-22)16(19)24;1-25-15(23)11-2-4-12(5-3-11)21-10-13(17)14(18-21)20-7-6-19(8-9-22)16(20)24;1-19-11(16)7-2-4-8(5-3-7)14-6-9(15(17)18)10(12)13-14;8-4-3-7-2-1-6-5(7)9/h2-5,10,22H,6-9H2,1H3;2-5,10,22H,6-9,17H2,1H3;2-6H,1H3;8H,1-4H2,(H,6,9). The fraction of sp³-hybridized carbons (Fsp3) is 0.312. The minimum atomic E-state index is -0.608. The Hall–Kier alpha value is -9.53. The third-order valence-electron chi connectivity index (χ3n) is 11.9. The summed E-state index contributed by atoms with van der Waals surface area (Å²) < 4.78 is 18.2. The van der Waals surface area contributed by atoms with Crippen LogP contribution in [-0.2, 0) is 14.2 Å². The molecule has 0 radical (unpaired) electrons. The first-order valence-corrected chi connectivity index (χ1v) is 24.7. The van der Waals surface area contributed by atoms with Crippen LogP contribution in [-0.4, -0.2) is 205 Å². The number of hydrogen-bond donors (Lipinski definition) is 5. The number of β-amino-alcohol motifs (C(OH)–C–C–N with tert-alkyl or cyclic N) is 3. The molecule has 0 saturated carbocycles. The Morgan fingerprint density at radius 3 is 1.32 bits per heavy atom. The van der Waals surface area contributed by atoms with Gasteiger partial charge in [-0.1, -0.05) is 0 Å². The fourth-order valence-electron chi connectivity index (χ4n) is 7.79. The van der Waals surface area contributed by atoms with Crippen molar-refractivity contribution >= 4 is 80.6 Å². The zero-order chi connectivity index (χ0) is 58.2. The first-order chi connectivity index (χ1) is 38.4. The van der Waals surface area contributed by atoms with Gasteiger partial charge in [-0.05, 0) is 88.7 Å². The largest absolute Gasteiger partial charge is 0.465 e. The maximum Gasteiger partial charge on any atom is 0.337 e. The van der Waals surface area contributed by atoms with Gasteiger partial charge in [-0.15, -0.1) is 10.2 Å². The molecule has 6 heterocycles. The maximum atomic E-state index is 12.4. The molecule has 3 aromatic heterocycles. The average Bonchev–Trinajstić information content (AvgIpc) is 4.37. The third kappa shape index (κ3) is 14.3. The molecule has 424 valence electrons. The van der Waals surface area contributed by atoms with Crippen molar-refractivity contribution in [3.8, 4) is 17.1 Å². The Labute approximate surface area is 462 Å². The molecule has 0 atom stereocenters. The molecule has 32 heteroatoms. The number of methoxy groups -OCH3 is 3. The predicted molar refractivity (Wildman–Crippen MR) is 285 cm³/mol. The number of aliphatic hydroxyl groups excluding tert-OH is 3. The highest BCUT2D eigenvalue weighted by Gasteiger charge is 2.36. The molecule has 9 rings (SSSR count). The van der Waals surface area contributed by atoms with Crippen LogP contribution in [0.3, 0.4) is 0 Å². The second-order valence-electron chi connectivity index (χ2n) is 16.7. The van der Waals surface area contributed by atoms with Crippen LogP contribution in [0, 0.1) is 20.2 Å². The van der Waals surface area contributed by atoms with Gasteiger partial charge in [-0.2, -0.15) is 5.10 Å². The molecule has 6 N–H and O–H groups in total. The number of nitrogens with zero attached hydrogens (tertiary/aromatic N) is 13. The summed E-state index contributed by atoms with van der Waals surface area (Å²) in [6.45, 7) is 3.63. The van der Waals surface area contributed by atoms with Gasteiger partial charge in [0.25, 0.3) is 0 Å². The Bertz CT molecular complexity index is 3190. The molecule has 3 fully saturated rings. The Balaban J connectivity index is 0.000000181. The summed E-state index contributed by atoms with van der Waals surface area (Å²) in [6.07, 6.45) is 4.12. The molecule has 80 heavy (non-hydrogen) atoms. The van der Waals surface area contributed by atoms with Crippen LogP contribution >= 0.6 is 15.9 Å². The second kappa shape index (κ2) is 27.7. The van der Waals surface area contributed by atoms with Crippen LogP contribution in [0.2, 0.25) is 0 Å². The highest BCUT2D eigenvalue weighted by Crippen LogP contribution is 2.31. The van der Waals surface area contributed by atoms with Crippen molar-refractivity contribution in [1.82, 2.24) is 49.4 Å². The van der Waals surface area contributed by atoms with Gasteiger partial charge in [0.2, 0.25) is 10.4 Å². The van der Waals surface area contributed by atoms with Crippen molar-refractivity contribution in [2.24, 2.45) is 0 Å². The maximum absolute atomic E-state index is 12.4. The molecule has 0 bridgehead atoms. The van der Waals surface area contributed by atoms with E-state index >= 15 is 0 Å². The van der Waals surface area contributed by atoms with Crippen LogP contribution in [0.25, 0.3) is 17.1 Å². The number of rotatable bonds is 16. The van der Waals surface area contributed by atoms with Crippen molar-refractivity contribution in [1.29, 1.82) is 0 Å². The number of hydrogen-bond acceptors (Lipinski definition) is 20. The lowest BCUT2D eigenvalue weighted by atomic mass is 10.2. The number of carbonyl (C=O) groups excluding carboxylic acids is 6. The van der Waals surface area contributed by atoms with Gasteiger partial charge in [0.15, 0.2) is 5.82 Å². The number of esters is 3. The molecular weight excluding hydrogens is 1120 g/mol. The summed E-state index contributed by atoms with van der Waals surface area (Å²) >= 11 is 3.02. The summed E-state index contributed by atoms with van der Waals surface area (Å²) in [5.74, 6) is -1.05. The van der Waals surface area contributed by atoms with E-state index in [4.69, 9.17) is 21.1 Å². The van der Waals surface area contributed by atoms with Crippen LogP contribution in [0.5, 0.6) is 0 Å². The molecule has 0 unspecified atom stereocenters. The number of carbonyl (C=O) groups is 6. The fourth-order valence-corrected chi connectivity index (χ4v) is 8.21. The summed E-state index contributed by atoms with van der Waals surface area (Å²) in [6, 6.07) is 18.5. The summed E-state index contributed by atoms with van der Waals surface area (Å²) in [7, 11) is 3.89. The molecule has 3 aliphatic heterocycles. The van der Waals surface area contributed by atoms with Crippen molar-refractivity contribution < 1.29 is 68.1 Å². The van der Waals surface area contributed by atoms with Crippen molar-refractivity contribution in [2.75, 3.05) is 116 Å². The van der Waals surface area contributed by atoms with Crippen LogP contribution in [0.4, 0.5) is 43.1 Å². The van der Waals surface area contributed by atoms with Gasteiger partial charge in [0.05, 0.1) is 96.6 Å².